The SMILES string of the molecule is COc1cccc(C=C2SC(=Nc3ccc(C)cc3)N(CCc3ccccc3)C2=O)c1. The van der Waals surface area contributed by atoms with Crippen molar-refractivity contribution in [2.75, 3.05) is 13.7 Å². The van der Waals surface area contributed by atoms with Crippen LogP contribution in [0.2, 0.25) is 0 Å². The summed E-state index contributed by atoms with van der Waals surface area (Å²) in [7, 11) is 1.64. The van der Waals surface area contributed by atoms with Gasteiger partial charge in [-0.25, -0.2) is 4.99 Å². The smallest absolute Gasteiger partial charge is 0.266 e. The van der Waals surface area contributed by atoms with Gasteiger partial charge in [-0.15, -0.1) is 0 Å². The van der Waals surface area contributed by atoms with Crippen molar-refractivity contribution in [2.45, 2.75) is 13.3 Å². The number of amides is 1. The van der Waals surface area contributed by atoms with E-state index in [2.05, 4.69) is 12.1 Å². The number of ether oxygens (including phenoxy) is 1. The Morgan fingerprint density at radius 1 is 1.00 bits per heavy atom. The Morgan fingerprint density at radius 3 is 2.52 bits per heavy atom. The average Bonchev–Trinajstić information content (AvgIpc) is 3.08. The molecule has 0 unspecified atom stereocenters. The van der Waals surface area contributed by atoms with Crippen LogP contribution in [-0.4, -0.2) is 29.6 Å². The van der Waals surface area contributed by atoms with Crippen molar-refractivity contribution in [1.82, 2.24) is 4.90 Å². The molecule has 0 saturated carbocycles. The largest absolute Gasteiger partial charge is 0.497 e. The predicted octanol–water partition coefficient (Wildman–Crippen LogP) is 5.85. The van der Waals surface area contributed by atoms with Crippen LogP contribution < -0.4 is 4.74 Å². The maximum Gasteiger partial charge on any atom is 0.266 e. The van der Waals surface area contributed by atoms with Gasteiger partial charge in [0.1, 0.15) is 5.75 Å². The summed E-state index contributed by atoms with van der Waals surface area (Å²) in [6.45, 7) is 2.63. The van der Waals surface area contributed by atoms with E-state index < -0.39 is 0 Å². The molecule has 0 radical (unpaired) electrons. The summed E-state index contributed by atoms with van der Waals surface area (Å²) < 4.78 is 5.31. The van der Waals surface area contributed by atoms with Crippen LogP contribution in [0.3, 0.4) is 0 Å². The van der Waals surface area contributed by atoms with Crippen LogP contribution in [0, 0.1) is 6.92 Å². The molecule has 3 aromatic carbocycles. The van der Waals surface area contributed by atoms with Gasteiger partial charge in [0.2, 0.25) is 0 Å². The first-order valence-electron chi connectivity index (χ1n) is 10.2. The molecular weight excluding hydrogens is 404 g/mol. The van der Waals surface area contributed by atoms with Crippen molar-refractivity contribution >= 4 is 34.6 Å². The summed E-state index contributed by atoms with van der Waals surface area (Å²) in [5.74, 6) is 0.744. The van der Waals surface area contributed by atoms with Gasteiger partial charge in [0.15, 0.2) is 5.17 Å². The fraction of sp³-hybridized carbons (Fsp3) is 0.154. The summed E-state index contributed by atoms with van der Waals surface area (Å²) in [4.78, 5) is 20.5. The number of aliphatic imine (C=N–C) groups is 1. The van der Waals surface area contributed by atoms with E-state index in [0.29, 0.717) is 16.6 Å². The summed E-state index contributed by atoms with van der Waals surface area (Å²) in [5.41, 5.74) is 4.14. The highest BCUT2D eigenvalue weighted by Crippen LogP contribution is 2.34. The zero-order valence-electron chi connectivity index (χ0n) is 17.6. The standard InChI is InChI=1S/C26H24N2O2S/c1-19-11-13-22(14-12-19)27-26-28(16-15-20-7-4-3-5-8-20)25(29)24(31-26)18-21-9-6-10-23(17-21)30-2/h3-14,17-18H,15-16H2,1-2H3. The molecule has 0 atom stereocenters. The normalized spacial score (nSPS) is 16.3. The van der Waals surface area contributed by atoms with Gasteiger partial charge in [0.05, 0.1) is 17.7 Å². The number of carbonyl (C=O) groups is 1. The molecule has 1 fully saturated rings. The maximum atomic E-state index is 13.3. The van der Waals surface area contributed by atoms with Gasteiger partial charge in [-0.1, -0.05) is 60.2 Å². The van der Waals surface area contributed by atoms with Crippen molar-refractivity contribution in [3.63, 3.8) is 0 Å². The zero-order valence-corrected chi connectivity index (χ0v) is 18.4. The number of carbonyl (C=O) groups excluding carboxylic acids is 1. The molecule has 1 aliphatic heterocycles. The lowest BCUT2D eigenvalue weighted by atomic mass is 10.1. The highest BCUT2D eigenvalue weighted by atomic mass is 32.2. The Kier molecular flexibility index (Phi) is 6.53. The first kappa shape index (κ1) is 20.9. The fourth-order valence-corrected chi connectivity index (χ4v) is 4.31. The van der Waals surface area contributed by atoms with Gasteiger partial charge < -0.3 is 4.74 Å². The number of benzene rings is 3. The van der Waals surface area contributed by atoms with Gasteiger partial charge in [-0.2, -0.15) is 0 Å². The number of rotatable bonds is 6. The molecule has 0 spiro atoms. The Morgan fingerprint density at radius 2 is 1.77 bits per heavy atom. The van der Waals surface area contributed by atoms with Gasteiger partial charge >= 0.3 is 0 Å². The third-order valence-electron chi connectivity index (χ3n) is 5.01. The molecule has 0 N–H and O–H groups in total. The lowest BCUT2D eigenvalue weighted by Gasteiger charge is -2.15. The van der Waals surface area contributed by atoms with E-state index in [-0.39, 0.29) is 5.91 Å². The minimum absolute atomic E-state index is 0.0189. The molecule has 0 aliphatic carbocycles. The van der Waals surface area contributed by atoms with Gasteiger partial charge in [-0.05, 0) is 66.6 Å². The van der Waals surface area contributed by atoms with Crippen LogP contribution in [0.25, 0.3) is 6.08 Å². The number of hydrogen-bond acceptors (Lipinski definition) is 4. The van der Waals surface area contributed by atoms with Crippen LogP contribution in [0.1, 0.15) is 16.7 Å². The summed E-state index contributed by atoms with van der Waals surface area (Å²) >= 11 is 1.42. The van der Waals surface area contributed by atoms with Crippen LogP contribution in [-0.2, 0) is 11.2 Å². The number of thioether (sulfide) groups is 1. The van der Waals surface area contributed by atoms with E-state index in [4.69, 9.17) is 9.73 Å². The molecule has 1 heterocycles. The predicted molar refractivity (Wildman–Crippen MR) is 129 cm³/mol. The topological polar surface area (TPSA) is 41.9 Å². The van der Waals surface area contributed by atoms with E-state index in [1.54, 1.807) is 12.0 Å². The first-order valence-corrected chi connectivity index (χ1v) is 11.0. The molecule has 4 nitrogen and oxygen atoms in total. The van der Waals surface area contributed by atoms with Crippen molar-refractivity contribution in [3.05, 3.63) is 100 Å². The number of aryl methyl sites for hydroxylation is 1. The van der Waals surface area contributed by atoms with Crippen molar-refractivity contribution in [1.29, 1.82) is 0 Å². The lowest BCUT2D eigenvalue weighted by Crippen LogP contribution is -2.31. The highest BCUT2D eigenvalue weighted by Gasteiger charge is 2.33. The third kappa shape index (κ3) is 5.25. The zero-order chi connectivity index (χ0) is 21.6. The molecule has 0 aromatic heterocycles. The molecule has 1 aliphatic rings. The van der Waals surface area contributed by atoms with Crippen LogP contribution in [0.15, 0.2) is 88.8 Å². The minimum atomic E-state index is -0.0189. The second kappa shape index (κ2) is 9.67. The first-order chi connectivity index (χ1) is 15.1. The van der Waals surface area contributed by atoms with E-state index >= 15 is 0 Å². The summed E-state index contributed by atoms with van der Waals surface area (Å²) in [6, 6.07) is 25.9. The Hall–Kier alpha value is -3.31. The monoisotopic (exact) mass is 428 g/mol. The molecule has 5 heteroatoms. The van der Waals surface area contributed by atoms with E-state index in [1.807, 2.05) is 79.7 Å². The summed E-state index contributed by atoms with van der Waals surface area (Å²) in [6.07, 6.45) is 2.68. The van der Waals surface area contributed by atoms with E-state index in [9.17, 15) is 4.79 Å². The van der Waals surface area contributed by atoms with E-state index in [1.165, 1.54) is 22.9 Å². The third-order valence-corrected chi connectivity index (χ3v) is 6.01. The molecular formula is C26H24N2O2S. The van der Waals surface area contributed by atoms with Crippen LogP contribution >= 0.6 is 11.8 Å². The second-order valence-corrected chi connectivity index (χ2v) is 8.32. The van der Waals surface area contributed by atoms with Gasteiger partial charge in [-0.3, -0.25) is 9.69 Å². The molecule has 0 bridgehead atoms. The number of hydrogen-bond donors (Lipinski definition) is 0. The molecule has 1 amide bonds. The molecule has 31 heavy (non-hydrogen) atoms. The number of amidine groups is 1. The molecule has 1 saturated heterocycles. The average molecular weight is 429 g/mol. The Bertz CT molecular complexity index is 1120. The Balaban J connectivity index is 1.63. The number of methoxy groups -OCH3 is 1. The van der Waals surface area contributed by atoms with Gasteiger partial charge in [0, 0.05) is 6.54 Å². The second-order valence-electron chi connectivity index (χ2n) is 7.31. The fourth-order valence-electron chi connectivity index (χ4n) is 3.29. The number of nitrogens with zero attached hydrogens (tertiary/aromatic N) is 2. The van der Waals surface area contributed by atoms with Crippen molar-refractivity contribution < 1.29 is 9.53 Å². The maximum absolute atomic E-state index is 13.3. The van der Waals surface area contributed by atoms with Crippen molar-refractivity contribution in [3.8, 4) is 5.75 Å². The lowest BCUT2D eigenvalue weighted by molar-refractivity contribution is -0.122. The Labute approximate surface area is 187 Å². The molecule has 156 valence electrons. The quantitative estimate of drug-likeness (QED) is 0.463. The van der Waals surface area contributed by atoms with Crippen molar-refractivity contribution in [2.24, 2.45) is 4.99 Å². The molecule has 4 rings (SSSR count). The van der Waals surface area contributed by atoms with Gasteiger partial charge in [0.25, 0.3) is 5.91 Å². The molecule has 3 aromatic rings. The van der Waals surface area contributed by atoms with E-state index in [0.717, 1.165) is 23.4 Å². The van der Waals surface area contributed by atoms with Crippen LogP contribution in [0.5, 0.6) is 5.75 Å². The summed E-state index contributed by atoms with van der Waals surface area (Å²) in [5, 5.41) is 0.707. The highest BCUT2D eigenvalue weighted by molar-refractivity contribution is 8.18. The van der Waals surface area contributed by atoms with Crippen LogP contribution in [0.4, 0.5) is 5.69 Å². The minimum Gasteiger partial charge on any atom is -0.497 e.